The summed E-state index contributed by atoms with van der Waals surface area (Å²) >= 11 is 0. The van der Waals surface area contributed by atoms with Crippen LogP contribution in [0.3, 0.4) is 0 Å². The van der Waals surface area contributed by atoms with Crippen LogP contribution in [0, 0.1) is 17.6 Å². The van der Waals surface area contributed by atoms with Crippen molar-refractivity contribution in [3.63, 3.8) is 0 Å². The molecular weight excluding hydrogens is 328 g/mol. The molecule has 5 nitrogen and oxygen atoms in total. The molecule has 2 saturated heterocycles. The summed E-state index contributed by atoms with van der Waals surface area (Å²) in [6.45, 7) is 1.89. The summed E-state index contributed by atoms with van der Waals surface area (Å²) in [4.78, 5) is 26.0. The number of rotatable bonds is 3. The number of carbonyl (C=O) groups excluding carboxylic acids is 2. The van der Waals surface area contributed by atoms with Crippen molar-refractivity contribution in [1.82, 2.24) is 15.5 Å². The van der Waals surface area contributed by atoms with Gasteiger partial charge in [-0.25, -0.2) is 8.78 Å². The van der Waals surface area contributed by atoms with Gasteiger partial charge in [-0.15, -0.1) is 0 Å². The molecule has 0 bridgehead atoms. The number of carbonyl (C=O) groups is 2. The van der Waals surface area contributed by atoms with E-state index in [0.29, 0.717) is 25.1 Å². The predicted octanol–water partition coefficient (Wildman–Crippen LogP) is 1.39. The van der Waals surface area contributed by atoms with E-state index in [4.69, 9.17) is 0 Å². The molecule has 2 fully saturated rings. The van der Waals surface area contributed by atoms with Gasteiger partial charge in [-0.3, -0.25) is 9.59 Å². The Morgan fingerprint density at radius 1 is 1.28 bits per heavy atom. The summed E-state index contributed by atoms with van der Waals surface area (Å²) in [5, 5.41) is 6.25. The first-order chi connectivity index (χ1) is 12.0. The number of halogens is 2. The second-order valence-corrected chi connectivity index (χ2v) is 6.89. The van der Waals surface area contributed by atoms with Crippen LogP contribution >= 0.6 is 0 Å². The third-order valence-electron chi connectivity index (χ3n) is 5.21. The smallest absolute Gasteiger partial charge is 0.223 e. The second-order valence-electron chi connectivity index (χ2n) is 6.89. The van der Waals surface area contributed by atoms with Crippen LogP contribution in [-0.2, 0) is 9.59 Å². The third-order valence-corrected chi connectivity index (χ3v) is 5.21. The maximum Gasteiger partial charge on any atom is 0.223 e. The molecule has 25 heavy (non-hydrogen) atoms. The van der Waals surface area contributed by atoms with Crippen molar-refractivity contribution < 1.29 is 18.4 Å². The van der Waals surface area contributed by atoms with Gasteiger partial charge in [-0.1, -0.05) is 6.07 Å². The fourth-order valence-electron chi connectivity index (χ4n) is 3.62. The van der Waals surface area contributed by atoms with Crippen LogP contribution in [-0.4, -0.2) is 49.4 Å². The Hall–Kier alpha value is -2.02. The van der Waals surface area contributed by atoms with Crippen molar-refractivity contribution >= 4 is 11.8 Å². The second kappa shape index (κ2) is 7.47. The van der Waals surface area contributed by atoms with Gasteiger partial charge in [0.25, 0.3) is 0 Å². The van der Waals surface area contributed by atoms with Crippen molar-refractivity contribution in [2.24, 2.45) is 5.92 Å². The van der Waals surface area contributed by atoms with Gasteiger partial charge in [0.1, 0.15) is 0 Å². The van der Waals surface area contributed by atoms with E-state index in [1.54, 1.807) is 18.0 Å². The first-order valence-electron chi connectivity index (χ1n) is 8.65. The molecule has 0 spiro atoms. The summed E-state index contributed by atoms with van der Waals surface area (Å²) in [5.41, 5.74) is 0.685. The summed E-state index contributed by atoms with van der Waals surface area (Å²) < 4.78 is 26.8. The standard InChI is InChI=1S/C18H23F2N3O2/c1-23-7-5-12(9-17(23)24)18(25)22-16-10-21-6-4-13(16)11-2-3-14(19)15(20)8-11/h2-3,8,12-13,16,21H,4-7,9-10H2,1H3,(H,22,25). The van der Waals surface area contributed by atoms with E-state index in [-0.39, 0.29) is 36.1 Å². The minimum atomic E-state index is -0.873. The van der Waals surface area contributed by atoms with Crippen molar-refractivity contribution in [2.75, 3.05) is 26.7 Å². The van der Waals surface area contributed by atoms with E-state index in [1.165, 1.54) is 6.07 Å². The minimum Gasteiger partial charge on any atom is -0.351 e. The summed E-state index contributed by atoms with van der Waals surface area (Å²) in [7, 11) is 1.74. The van der Waals surface area contributed by atoms with E-state index in [9.17, 15) is 18.4 Å². The van der Waals surface area contributed by atoms with Crippen molar-refractivity contribution in [3.05, 3.63) is 35.4 Å². The van der Waals surface area contributed by atoms with Crippen LogP contribution in [0.25, 0.3) is 0 Å². The lowest BCUT2D eigenvalue weighted by Crippen LogP contribution is -2.52. The van der Waals surface area contributed by atoms with E-state index >= 15 is 0 Å². The van der Waals surface area contributed by atoms with Gasteiger partial charge in [0.2, 0.25) is 11.8 Å². The molecule has 2 heterocycles. The largest absolute Gasteiger partial charge is 0.351 e. The Kier molecular flexibility index (Phi) is 5.32. The monoisotopic (exact) mass is 351 g/mol. The maximum absolute atomic E-state index is 13.6. The van der Waals surface area contributed by atoms with E-state index in [1.807, 2.05) is 0 Å². The zero-order chi connectivity index (χ0) is 18.0. The highest BCUT2D eigenvalue weighted by atomic mass is 19.2. The van der Waals surface area contributed by atoms with Crippen LogP contribution in [0.5, 0.6) is 0 Å². The maximum atomic E-state index is 13.6. The normalized spacial score (nSPS) is 27.2. The Morgan fingerprint density at radius 3 is 2.80 bits per heavy atom. The van der Waals surface area contributed by atoms with E-state index in [2.05, 4.69) is 10.6 Å². The molecule has 1 aromatic carbocycles. The van der Waals surface area contributed by atoms with Crippen LogP contribution in [0.4, 0.5) is 8.78 Å². The Labute approximate surface area is 145 Å². The Morgan fingerprint density at radius 2 is 2.08 bits per heavy atom. The van der Waals surface area contributed by atoms with Gasteiger partial charge < -0.3 is 15.5 Å². The van der Waals surface area contributed by atoms with Gasteiger partial charge >= 0.3 is 0 Å². The third kappa shape index (κ3) is 3.98. The predicted molar refractivity (Wildman–Crippen MR) is 88.9 cm³/mol. The Balaban J connectivity index is 1.69. The topological polar surface area (TPSA) is 61.4 Å². The average Bonchev–Trinajstić information content (AvgIpc) is 2.60. The van der Waals surface area contributed by atoms with Crippen molar-refractivity contribution in [3.8, 4) is 0 Å². The van der Waals surface area contributed by atoms with Crippen LogP contribution in [0.1, 0.15) is 30.7 Å². The van der Waals surface area contributed by atoms with Crippen LogP contribution in [0.2, 0.25) is 0 Å². The summed E-state index contributed by atoms with van der Waals surface area (Å²) in [5.74, 6) is -2.31. The Bertz CT molecular complexity index is 668. The summed E-state index contributed by atoms with van der Waals surface area (Å²) in [6.07, 6.45) is 1.59. The number of nitrogens with one attached hydrogen (secondary N) is 2. The zero-order valence-electron chi connectivity index (χ0n) is 14.2. The fourth-order valence-corrected chi connectivity index (χ4v) is 3.62. The van der Waals surface area contributed by atoms with E-state index in [0.717, 1.165) is 19.0 Å². The number of benzene rings is 1. The molecule has 3 rings (SSSR count). The molecule has 7 heteroatoms. The van der Waals surface area contributed by atoms with Gasteiger partial charge in [0, 0.05) is 44.4 Å². The van der Waals surface area contributed by atoms with Crippen LogP contribution in [0.15, 0.2) is 18.2 Å². The molecular formula is C18H23F2N3O2. The van der Waals surface area contributed by atoms with E-state index < -0.39 is 11.6 Å². The molecule has 0 aromatic heterocycles. The number of amides is 2. The number of hydrogen-bond donors (Lipinski definition) is 2. The number of hydrogen-bond acceptors (Lipinski definition) is 3. The molecule has 1 aromatic rings. The number of nitrogens with zero attached hydrogens (tertiary/aromatic N) is 1. The molecule has 2 aliphatic rings. The molecule has 0 saturated carbocycles. The molecule has 136 valence electrons. The highest BCUT2D eigenvalue weighted by Gasteiger charge is 2.33. The molecule has 2 amide bonds. The van der Waals surface area contributed by atoms with Crippen LogP contribution < -0.4 is 10.6 Å². The number of likely N-dealkylation sites (tertiary alicyclic amines) is 1. The average molecular weight is 351 g/mol. The lowest BCUT2D eigenvalue weighted by atomic mass is 9.85. The summed E-state index contributed by atoms with van der Waals surface area (Å²) in [6, 6.07) is 3.71. The molecule has 0 radical (unpaired) electrons. The molecule has 3 unspecified atom stereocenters. The van der Waals surface area contributed by atoms with Gasteiger partial charge in [-0.05, 0) is 37.1 Å². The first kappa shape index (κ1) is 17.8. The fraction of sp³-hybridized carbons (Fsp3) is 0.556. The van der Waals surface area contributed by atoms with Gasteiger partial charge in [-0.2, -0.15) is 0 Å². The van der Waals surface area contributed by atoms with Gasteiger partial charge in [0.05, 0.1) is 0 Å². The SMILES string of the molecule is CN1CCC(C(=O)NC2CNCCC2c2ccc(F)c(F)c2)CC1=O. The lowest BCUT2D eigenvalue weighted by molar-refractivity contribution is -0.139. The van der Waals surface area contributed by atoms with Gasteiger partial charge in [0.15, 0.2) is 11.6 Å². The van der Waals surface area contributed by atoms with Crippen molar-refractivity contribution in [1.29, 1.82) is 0 Å². The molecule has 0 aliphatic carbocycles. The molecule has 2 N–H and O–H groups in total. The van der Waals surface area contributed by atoms with Crippen molar-refractivity contribution in [2.45, 2.75) is 31.2 Å². The highest BCUT2D eigenvalue weighted by Crippen LogP contribution is 2.28. The minimum absolute atomic E-state index is 0.0228. The first-order valence-corrected chi connectivity index (χ1v) is 8.65. The molecule has 3 atom stereocenters. The number of piperidine rings is 2. The quantitative estimate of drug-likeness (QED) is 0.865. The zero-order valence-corrected chi connectivity index (χ0v) is 14.2. The lowest BCUT2D eigenvalue weighted by Gasteiger charge is -2.35. The highest BCUT2D eigenvalue weighted by molar-refractivity contribution is 5.87. The molecule has 2 aliphatic heterocycles.